The summed E-state index contributed by atoms with van der Waals surface area (Å²) in [6, 6.07) is 13.5. The molecular formula is C43H58N4O10. The molecule has 4 aromatic rings. The van der Waals surface area contributed by atoms with E-state index < -0.39 is 40.7 Å². The SMILES string of the molecule is CCOCc1nc2c(N(C(=O)OC(C)(C)C)C(=O)OC(C)(C)C)nc3cc(Cc4ccc(CC(=O)OCC)cc4)ccc3c2n1CC(C)(C)OC(=O)OC(C)(C)C. The summed E-state index contributed by atoms with van der Waals surface area (Å²) in [7, 11) is 0. The van der Waals surface area contributed by atoms with Crippen LogP contribution in [0.4, 0.5) is 20.2 Å². The fourth-order valence-electron chi connectivity index (χ4n) is 5.87. The summed E-state index contributed by atoms with van der Waals surface area (Å²) >= 11 is 0. The van der Waals surface area contributed by atoms with Gasteiger partial charge in [0.25, 0.3) is 0 Å². The van der Waals surface area contributed by atoms with E-state index in [1.165, 1.54) is 0 Å². The first kappa shape index (κ1) is 44.5. The normalized spacial score (nSPS) is 12.4. The number of nitrogens with zero attached hydrogens (tertiary/aromatic N) is 4. The Morgan fingerprint density at radius 1 is 0.684 bits per heavy atom. The first-order valence-corrected chi connectivity index (χ1v) is 19.2. The van der Waals surface area contributed by atoms with Gasteiger partial charge in [-0.2, -0.15) is 4.90 Å². The van der Waals surface area contributed by atoms with Gasteiger partial charge in [0, 0.05) is 12.0 Å². The van der Waals surface area contributed by atoms with E-state index in [1.54, 1.807) is 83.1 Å². The molecule has 0 spiro atoms. The highest BCUT2D eigenvalue weighted by Gasteiger charge is 2.37. The molecule has 2 aromatic heterocycles. The van der Waals surface area contributed by atoms with Crippen LogP contribution in [0, 0.1) is 0 Å². The van der Waals surface area contributed by atoms with Gasteiger partial charge >= 0.3 is 24.3 Å². The van der Waals surface area contributed by atoms with E-state index >= 15 is 0 Å². The Bertz CT molecular complexity index is 2060. The number of anilines is 1. The number of hydrogen-bond acceptors (Lipinski definition) is 12. The van der Waals surface area contributed by atoms with Crippen molar-refractivity contribution in [2.75, 3.05) is 18.1 Å². The van der Waals surface area contributed by atoms with E-state index in [4.69, 9.17) is 38.4 Å². The van der Waals surface area contributed by atoms with Gasteiger partial charge in [-0.3, -0.25) is 4.79 Å². The van der Waals surface area contributed by atoms with E-state index in [9.17, 15) is 19.2 Å². The second-order valence-electron chi connectivity index (χ2n) is 17.3. The lowest BCUT2D eigenvalue weighted by Crippen LogP contribution is -2.44. The Labute approximate surface area is 335 Å². The number of esters is 1. The first-order valence-electron chi connectivity index (χ1n) is 19.2. The summed E-state index contributed by atoms with van der Waals surface area (Å²) in [6.07, 6.45) is -2.15. The van der Waals surface area contributed by atoms with Crippen LogP contribution in [-0.2, 0) is 59.2 Å². The molecule has 2 aromatic carbocycles. The molecule has 0 saturated heterocycles. The highest BCUT2D eigenvalue weighted by atomic mass is 16.7. The van der Waals surface area contributed by atoms with Gasteiger partial charge < -0.3 is 33.0 Å². The van der Waals surface area contributed by atoms with Crippen molar-refractivity contribution in [3.63, 3.8) is 0 Å². The van der Waals surface area contributed by atoms with Crippen molar-refractivity contribution in [3.05, 3.63) is 65.0 Å². The standard InChI is InChI=1S/C43H58N4O10/c1-14-52-25-32-45-34-35(46(32)26-43(12,13)57-39(51)56-42(9,10)11)30-21-20-29(22-27-16-18-28(19-17-27)24-33(48)53-15-2)23-31(30)44-36(34)47(37(49)54-40(3,4)5)38(50)55-41(6,7)8/h16-21,23H,14-15,22,24-26H2,1-13H3. The largest absolute Gasteiger partial charge is 0.509 e. The van der Waals surface area contributed by atoms with Crippen molar-refractivity contribution in [2.45, 2.75) is 138 Å². The smallest absolute Gasteiger partial charge is 0.466 e. The molecule has 0 saturated carbocycles. The minimum Gasteiger partial charge on any atom is -0.466 e. The predicted octanol–water partition coefficient (Wildman–Crippen LogP) is 9.22. The Kier molecular flexibility index (Phi) is 13.7. The Hall–Kier alpha value is -5.24. The molecule has 2 heterocycles. The zero-order valence-electron chi connectivity index (χ0n) is 35.7. The molecule has 0 unspecified atom stereocenters. The molecule has 14 nitrogen and oxygen atoms in total. The third-order valence-electron chi connectivity index (χ3n) is 7.97. The van der Waals surface area contributed by atoms with Crippen molar-refractivity contribution in [2.24, 2.45) is 0 Å². The quantitative estimate of drug-likeness (QED) is 0.0991. The van der Waals surface area contributed by atoms with Crippen molar-refractivity contribution >= 4 is 52.1 Å². The number of rotatable bonds is 12. The zero-order chi connectivity index (χ0) is 42.5. The van der Waals surface area contributed by atoms with Crippen molar-refractivity contribution in [3.8, 4) is 0 Å². The summed E-state index contributed by atoms with van der Waals surface area (Å²) in [5, 5.41) is 0.652. The minimum absolute atomic E-state index is 0.0533. The van der Waals surface area contributed by atoms with Gasteiger partial charge in [-0.15, -0.1) is 0 Å². The van der Waals surface area contributed by atoms with E-state index in [-0.39, 0.29) is 36.9 Å². The number of imide groups is 1. The molecule has 14 heteroatoms. The average Bonchev–Trinajstić information content (AvgIpc) is 3.39. The number of benzene rings is 2. The van der Waals surface area contributed by atoms with Gasteiger partial charge in [0.1, 0.15) is 40.4 Å². The fourth-order valence-corrected chi connectivity index (χ4v) is 5.87. The second kappa shape index (κ2) is 17.5. The third kappa shape index (κ3) is 12.6. The topological polar surface area (TPSA) is 158 Å². The van der Waals surface area contributed by atoms with Crippen LogP contribution in [-0.4, -0.2) is 74.5 Å². The number of carbonyl (C=O) groups is 4. The molecule has 0 atom stereocenters. The van der Waals surface area contributed by atoms with Crippen LogP contribution < -0.4 is 4.90 Å². The summed E-state index contributed by atoms with van der Waals surface area (Å²) in [5.74, 6) is 0.0376. The summed E-state index contributed by atoms with van der Waals surface area (Å²) in [5.41, 5.74) is -0.00704. The molecule has 0 bridgehead atoms. The average molecular weight is 791 g/mol. The number of hydrogen-bond donors (Lipinski definition) is 0. The van der Waals surface area contributed by atoms with Gasteiger partial charge in [0.15, 0.2) is 5.82 Å². The first-order chi connectivity index (χ1) is 26.4. The maximum absolute atomic E-state index is 14.0. The highest BCUT2D eigenvalue weighted by Crippen LogP contribution is 2.36. The molecular weight excluding hydrogens is 732 g/mol. The summed E-state index contributed by atoms with van der Waals surface area (Å²) in [6.45, 7) is 23.4. The van der Waals surface area contributed by atoms with Crippen LogP contribution in [0.1, 0.15) is 113 Å². The maximum atomic E-state index is 14.0. The van der Waals surface area contributed by atoms with Gasteiger partial charge in [-0.1, -0.05) is 36.4 Å². The lowest BCUT2D eigenvalue weighted by Gasteiger charge is -2.29. The van der Waals surface area contributed by atoms with Crippen molar-refractivity contribution in [1.29, 1.82) is 0 Å². The molecule has 0 fully saturated rings. The number of imidazole rings is 1. The van der Waals surface area contributed by atoms with Gasteiger partial charge in [0.2, 0.25) is 0 Å². The maximum Gasteiger partial charge on any atom is 0.509 e. The van der Waals surface area contributed by atoms with E-state index in [0.29, 0.717) is 41.9 Å². The molecule has 0 radical (unpaired) electrons. The van der Waals surface area contributed by atoms with Crippen LogP contribution in [0.5, 0.6) is 0 Å². The molecule has 0 aliphatic carbocycles. The monoisotopic (exact) mass is 790 g/mol. The van der Waals surface area contributed by atoms with Crippen LogP contribution in [0.3, 0.4) is 0 Å². The van der Waals surface area contributed by atoms with E-state index in [1.807, 2.05) is 54.0 Å². The Balaban J connectivity index is 1.97. The van der Waals surface area contributed by atoms with Gasteiger partial charge in [-0.25, -0.2) is 24.4 Å². The zero-order valence-corrected chi connectivity index (χ0v) is 35.7. The lowest BCUT2D eigenvalue weighted by atomic mass is 10.0. The van der Waals surface area contributed by atoms with E-state index in [0.717, 1.165) is 21.6 Å². The molecule has 0 aliphatic rings. The molecule has 4 rings (SSSR count). The van der Waals surface area contributed by atoms with Crippen LogP contribution in [0.25, 0.3) is 21.9 Å². The number of carbonyl (C=O) groups excluding carboxylic acids is 4. The molecule has 57 heavy (non-hydrogen) atoms. The second-order valence-corrected chi connectivity index (χ2v) is 17.3. The number of amides is 2. The van der Waals surface area contributed by atoms with Crippen LogP contribution in [0.15, 0.2) is 42.5 Å². The fraction of sp³-hybridized carbons (Fsp3) is 0.535. The Morgan fingerprint density at radius 3 is 1.79 bits per heavy atom. The summed E-state index contributed by atoms with van der Waals surface area (Å²) in [4.78, 5) is 63.7. The van der Waals surface area contributed by atoms with Crippen molar-refractivity contribution in [1.82, 2.24) is 14.5 Å². The van der Waals surface area contributed by atoms with Crippen LogP contribution >= 0.6 is 0 Å². The summed E-state index contributed by atoms with van der Waals surface area (Å²) < 4.78 is 35.6. The third-order valence-corrected chi connectivity index (χ3v) is 7.97. The minimum atomic E-state index is -1.14. The highest BCUT2D eigenvalue weighted by molar-refractivity contribution is 6.17. The number of aromatic nitrogens is 3. The molecule has 0 aliphatic heterocycles. The van der Waals surface area contributed by atoms with Gasteiger partial charge in [0.05, 0.1) is 30.6 Å². The number of pyridine rings is 1. The lowest BCUT2D eigenvalue weighted by molar-refractivity contribution is -0.142. The molecule has 0 N–H and O–H groups in total. The molecule has 310 valence electrons. The predicted molar refractivity (Wildman–Crippen MR) is 216 cm³/mol. The number of ether oxygens (including phenoxy) is 6. The van der Waals surface area contributed by atoms with E-state index in [2.05, 4.69) is 0 Å². The van der Waals surface area contributed by atoms with Gasteiger partial charge in [-0.05, 0) is 119 Å². The number of fused-ring (bicyclic) bond motifs is 3. The Morgan fingerprint density at radius 2 is 1.25 bits per heavy atom. The van der Waals surface area contributed by atoms with Crippen molar-refractivity contribution < 1.29 is 47.6 Å². The molecule has 2 amide bonds. The van der Waals surface area contributed by atoms with Crippen LogP contribution in [0.2, 0.25) is 0 Å².